The molecular formula is C25H24N4O3. The SMILES string of the molecule is Cc1c(CN(C)C(=O)/C=C/c2cnc3c(c2)CCC(=O)N3)oc2cccc(C#CCN)c12. The minimum absolute atomic E-state index is 0.0236. The molecule has 3 aromatic rings. The Morgan fingerprint density at radius 3 is 3.03 bits per heavy atom. The lowest BCUT2D eigenvalue weighted by Crippen LogP contribution is -2.24. The van der Waals surface area contributed by atoms with Crippen LogP contribution in [0.3, 0.4) is 0 Å². The number of nitrogens with zero attached hydrogens (tertiary/aromatic N) is 2. The van der Waals surface area contributed by atoms with Gasteiger partial charge in [-0.3, -0.25) is 9.59 Å². The normalized spacial score (nSPS) is 12.9. The largest absolute Gasteiger partial charge is 0.459 e. The molecule has 162 valence electrons. The summed E-state index contributed by atoms with van der Waals surface area (Å²) in [6.45, 7) is 2.60. The van der Waals surface area contributed by atoms with Gasteiger partial charge in [-0.1, -0.05) is 17.9 Å². The highest BCUT2D eigenvalue weighted by Crippen LogP contribution is 2.29. The van der Waals surface area contributed by atoms with Crippen LogP contribution in [-0.2, 0) is 22.6 Å². The van der Waals surface area contributed by atoms with E-state index in [-0.39, 0.29) is 18.4 Å². The van der Waals surface area contributed by atoms with Crippen LogP contribution in [-0.4, -0.2) is 35.3 Å². The molecule has 1 aliphatic rings. The van der Waals surface area contributed by atoms with Gasteiger partial charge in [0, 0.05) is 42.3 Å². The van der Waals surface area contributed by atoms with Gasteiger partial charge in [-0.05, 0) is 48.7 Å². The summed E-state index contributed by atoms with van der Waals surface area (Å²) in [6, 6.07) is 7.67. The van der Waals surface area contributed by atoms with E-state index in [1.807, 2.05) is 31.2 Å². The molecule has 32 heavy (non-hydrogen) atoms. The van der Waals surface area contributed by atoms with Crippen LogP contribution in [0.15, 0.2) is 41.0 Å². The molecule has 2 amide bonds. The lowest BCUT2D eigenvalue weighted by Gasteiger charge is -2.16. The third-order valence-electron chi connectivity index (χ3n) is 5.42. The van der Waals surface area contributed by atoms with E-state index >= 15 is 0 Å². The molecule has 0 saturated carbocycles. The Balaban J connectivity index is 1.49. The van der Waals surface area contributed by atoms with Gasteiger partial charge in [0.05, 0.1) is 13.1 Å². The van der Waals surface area contributed by atoms with E-state index in [0.29, 0.717) is 25.2 Å². The summed E-state index contributed by atoms with van der Waals surface area (Å²) in [5, 5.41) is 3.71. The van der Waals surface area contributed by atoms with Crippen molar-refractivity contribution in [3.63, 3.8) is 0 Å². The molecule has 0 radical (unpaired) electrons. The summed E-state index contributed by atoms with van der Waals surface area (Å²) in [5.74, 6) is 7.10. The average Bonchev–Trinajstić information content (AvgIpc) is 3.11. The minimum Gasteiger partial charge on any atom is -0.459 e. The zero-order valence-corrected chi connectivity index (χ0v) is 18.1. The highest BCUT2D eigenvalue weighted by atomic mass is 16.3. The van der Waals surface area contributed by atoms with Crippen LogP contribution >= 0.6 is 0 Å². The minimum atomic E-state index is -0.154. The molecule has 2 aromatic heterocycles. The van der Waals surface area contributed by atoms with Crippen molar-refractivity contribution in [2.75, 3.05) is 18.9 Å². The summed E-state index contributed by atoms with van der Waals surface area (Å²) in [6.07, 6.45) is 5.98. The van der Waals surface area contributed by atoms with E-state index in [9.17, 15) is 9.59 Å². The topological polar surface area (TPSA) is 101 Å². The summed E-state index contributed by atoms with van der Waals surface area (Å²) in [4.78, 5) is 30.0. The first kappa shape index (κ1) is 21.3. The smallest absolute Gasteiger partial charge is 0.246 e. The fourth-order valence-electron chi connectivity index (χ4n) is 3.71. The summed E-state index contributed by atoms with van der Waals surface area (Å²) in [5.41, 5.74) is 9.86. The van der Waals surface area contributed by atoms with E-state index in [1.54, 1.807) is 24.2 Å². The van der Waals surface area contributed by atoms with Crippen LogP contribution < -0.4 is 11.1 Å². The second kappa shape index (κ2) is 9.08. The number of hydrogen-bond acceptors (Lipinski definition) is 5. The highest BCUT2D eigenvalue weighted by Gasteiger charge is 2.17. The summed E-state index contributed by atoms with van der Waals surface area (Å²) >= 11 is 0. The molecule has 3 heterocycles. The lowest BCUT2D eigenvalue weighted by atomic mass is 10.0. The number of amides is 2. The molecule has 1 aliphatic heterocycles. The van der Waals surface area contributed by atoms with Crippen LogP contribution in [0.5, 0.6) is 0 Å². The van der Waals surface area contributed by atoms with Crippen molar-refractivity contribution in [1.82, 2.24) is 9.88 Å². The first-order valence-electron chi connectivity index (χ1n) is 10.4. The third kappa shape index (κ3) is 4.41. The Hall–Kier alpha value is -3.89. The average molecular weight is 428 g/mol. The number of benzene rings is 1. The maximum Gasteiger partial charge on any atom is 0.246 e. The number of likely N-dealkylation sites (N-methyl/N-ethyl adjacent to an activating group) is 1. The molecule has 0 spiro atoms. The van der Waals surface area contributed by atoms with E-state index in [4.69, 9.17) is 10.2 Å². The Morgan fingerprint density at radius 2 is 2.22 bits per heavy atom. The number of furan rings is 1. The monoisotopic (exact) mass is 428 g/mol. The van der Waals surface area contributed by atoms with Gasteiger partial charge >= 0.3 is 0 Å². The maximum absolute atomic E-state index is 12.7. The van der Waals surface area contributed by atoms with E-state index in [1.165, 1.54) is 6.08 Å². The van der Waals surface area contributed by atoms with E-state index < -0.39 is 0 Å². The number of fused-ring (bicyclic) bond motifs is 2. The number of aryl methyl sites for hydroxylation is 2. The number of nitrogens with two attached hydrogens (primary N) is 1. The number of carbonyl (C=O) groups is 2. The molecular weight excluding hydrogens is 404 g/mol. The lowest BCUT2D eigenvalue weighted by molar-refractivity contribution is -0.125. The zero-order chi connectivity index (χ0) is 22.7. The number of hydrogen-bond donors (Lipinski definition) is 2. The molecule has 7 nitrogen and oxygen atoms in total. The van der Waals surface area contributed by atoms with Gasteiger partial charge in [-0.2, -0.15) is 0 Å². The van der Waals surface area contributed by atoms with Crippen molar-refractivity contribution in [3.05, 3.63) is 64.6 Å². The molecule has 4 rings (SSSR count). The van der Waals surface area contributed by atoms with Gasteiger partial charge in [0.15, 0.2) is 0 Å². The highest BCUT2D eigenvalue weighted by molar-refractivity contribution is 5.94. The Labute approximate surface area is 186 Å². The van der Waals surface area contributed by atoms with Crippen molar-refractivity contribution >= 4 is 34.7 Å². The van der Waals surface area contributed by atoms with Gasteiger partial charge in [0.1, 0.15) is 17.2 Å². The van der Waals surface area contributed by atoms with Crippen molar-refractivity contribution in [1.29, 1.82) is 0 Å². The van der Waals surface area contributed by atoms with Crippen molar-refractivity contribution < 1.29 is 14.0 Å². The summed E-state index contributed by atoms with van der Waals surface area (Å²) in [7, 11) is 1.73. The van der Waals surface area contributed by atoms with E-state index in [2.05, 4.69) is 22.1 Å². The fourth-order valence-corrected chi connectivity index (χ4v) is 3.71. The molecule has 0 fully saturated rings. The van der Waals surface area contributed by atoms with Gasteiger partial charge in [0.25, 0.3) is 0 Å². The Morgan fingerprint density at radius 1 is 1.38 bits per heavy atom. The first-order chi connectivity index (χ1) is 15.5. The number of rotatable bonds is 4. The van der Waals surface area contributed by atoms with Crippen molar-refractivity contribution in [2.45, 2.75) is 26.3 Å². The molecule has 0 aliphatic carbocycles. The van der Waals surface area contributed by atoms with Gasteiger partial charge in [0.2, 0.25) is 11.8 Å². The van der Waals surface area contributed by atoms with Crippen LogP contribution in [0, 0.1) is 18.8 Å². The molecule has 7 heteroatoms. The molecule has 0 unspecified atom stereocenters. The molecule has 3 N–H and O–H groups in total. The van der Waals surface area contributed by atoms with Gasteiger partial charge in [-0.25, -0.2) is 4.98 Å². The van der Waals surface area contributed by atoms with Crippen LogP contribution in [0.1, 0.15) is 34.4 Å². The van der Waals surface area contributed by atoms with Crippen LogP contribution in [0.4, 0.5) is 5.82 Å². The van der Waals surface area contributed by atoms with E-state index in [0.717, 1.165) is 39.0 Å². The van der Waals surface area contributed by atoms with Crippen LogP contribution in [0.25, 0.3) is 17.0 Å². The predicted molar refractivity (Wildman–Crippen MR) is 124 cm³/mol. The molecule has 0 saturated heterocycles. The van der Waals surface area contributed by atoms with Crippen LogP contribution in [0.2, 0.25) is 0 Å². The summed E-state index contributed by atoms with van der Waals surface area (Å²) < 4.78 is 6.01. The Kier molecular flexibility index (Phi) is 6.06. The number of aromatic nitrogens is 1. The standard InChI is InChI=1S/C25H24N4O3/c1-16-21(32-20-7-3-5-18(24(16)20)6-4-12-26)15-29(2)23(31)11-8-17-13-19-9-10-22(30)28-25(19)27-14-17/h3,5,7-8,11,13-14H,9-10,12,15,26H2,1-2H3,(H,27,28,30)/b11-8+. The number of pyridine rings is 1. The molecule has 1 aromatic carbocycles. The zero-order valence-electron chi connectivity index (χ0n) is 18.1. The number of carbonyl (C=O) groups excluding carboxylic acids is 2. The maximum atomic E-state index is 12.7. The fraction of sp³-hybridized carbons (Fsp3) is 0.240. The second-order valence-electron chi connectivity index (χ2n) is 7.69. The van der Waals surface area contributed by atoms with Crippen molar-refractivity contribution in [3.8, 4) is 11.8 Å². The second-order valence-corrected chi connectivity index (χ2v) is 7.69. The van der Waals surface area contributed by atoms with Gasteiger partial charge < -0.3 is 20.4 Å². The molecule has 0 bridgehead atoms. The predicted octanol–water partition coefficient (Wildman–Crippen LogP) is 3.00. The first-order valence-corrected chi connectivity index (χ1v) is 10.4. The number of nitrogens with one attached hydrogen (secondary N) is 1. The molecule has 0 atom stereocenters. The van der Waals surface area contributed by atoms with Crippen molar-refractivity contribution in [2.24, 2.45) is 5.73 Å². The van der Waals surface area contributed by atoms with Gasteiger partial charge in [-0.15, -0.1) is 0 Å². The number of anilines is 1. The third-order valence-corrected chi connectivity index (χ3v) is 5.42. The quantitative estimate of drug-likeness (QED) is 0.491. The Bertz CT molecular complexity index is 1290.